The molecule has 14 nitrogen and oxygen atoms in total. The minimum absolute atomic E-state index is 0. The Morgan fingerprint density at radius 3 is 1.36 bits per heavy atom. The summed E-state index contributed by atoms with van der Waals surface area (Å²) in [6.45, 7) is 3.38. The first kappa shape index (κ1) is 41.1. The third kappa shape index (κ3) is 10.9. The Kier molecular flexibility index (Phi) is 14.7. The van der Waals surface area contributed by atoms with Gasteiger partial charge in [-0.25, -0.2) is 0 Å². The van der Waals surface area contributed by atoms with E-state index in [0.717, 1.165) is 24.0 Å². The molecule has 1 fully saturated rings. The molecule has 1 saturated carbocycles. The SMILES string of the molecule is CC1=CC(=O)C(C(=O)CCc2ccc3c(c2)OCO3)C(=O)O1.CC1=CC(=O)C(C(=O)CCc2ccc3c(c2)OCO3)C(=O)O1.N[C@@H]1CCCC[C@H]1N.[Pt]. The number of Topliss-reactive ketones (excluding diaryl/α,β-unsaturated/α-hetero) is 2. The number of cyclic esters (lactones) is 2. The van der Waals surface area contributed by atoms with Crippen molar-refractivity contribution in [1.82, 2.24) is 0 Å². The topological polar surface area (TPSA) is 210 Å². The van der Waals surface area contributed by atoms with Gasteiger partial charge >= 0.3 is 11.9 Å². The monoisotopic (exact) mass is 913 g/mol. The van der Waals surface area contributed by atoms with Crippen LogP contribution in [0.2, 0.25) is 0 Å². The summed E-state index contributed by atoms with van der Waals surface area (Å²) >= 11 is 0. The van der Waals surface area contributed by atoms with Crippen molar-refractivity contribution < 1.29 is 78.3 Å². The summed E-state index contributed by atoms with van der Waals surface area (Å²) in [6, 6.07) is 11.3. The van der Waals surface area contributed by atoms with E-state index < -0.39 is 46.9 Å². The number of esters is 2. The van der Waals surface area contributed by atoms with Crippen LogP contribution in [0, 0.1) is 11.8 Å². The summed E-state index contributed by atoms with van der Waals surface area (Å²) in [4.78, 5) is 71.2. The first-order valence-corrected chi connectivity index (χ1v) is 17.1. The van der Waals surface area contributed by atoms with Crippen molar-refractivity contribution in [2.75, 3.05) is 13.6 Å². The molecule has 7 rings (SSSR count). The Hall–Kier alpha value is -4.65. The van der Waals surface area contributed by atoms with Gasteiger partial charge in [0.05, 0.1) is 0 Å². The molecule has 0 radical (unpaired) electrons. The standard InChI is InChI=1S/2C16H14O6.C6H14N2.Pt/c2*1-9-6-12(18)15(16(19)22-9)11(17)4-2-10-3-5-13-14(7-10)21-8-20-13;7-5-3-1-2-4-6(5)8;/h2*3,5-7,15H,2,4,8H2,1H3;5-6H,1-4,7-8H2;/t;;5-,6-;/m..1./s1. The predicted octanol–water partition coefficient (Wildman–Crippen LogP) is 3.34. The molecule has 0 spiro atoms. The average Bonchev–Trinajstić information content (AvgIpc) is 3.77. The van der Waals surface area contributed by atoms with E-state index >= 15 is 0 Å². The van der Waals surface area contributed by atoms with Gasteiger partial charge in [-0.3, -0.25) is 28.8 Å². The number of ether oxygens (including phenoxy) is 6. The number of rotatable bonds is 8. The third-order valence-corrected chi connectivity index (χ3v) is 8.97. The molecular weight excluding hydrogens is 871 g/mol. The summed E-state index contributed by atoms with van der Waals surface area (Å²) in [5.74, 6) is -3.10. The second-order valence-electron chi connectivity index (χ2n) is 12.9. The maximum absolute atomic E-state index is 12.1. The Bertz CT molecular complexity index is 1680. The van der Waals surface area contributed by atoms with E-state index in [2.05, 4.69) is 0 Å². The molecule has 2 aromatic rings. The number of aryl methyl sites for hydroxylation is 2. The van der Waals surface area contributed by atoms with Gasteiger partial charge in [0.2, 0.25) is 13.6 Å². The van der Waals surface area contributed by atoms with Crippen molar-refractivity contribution in [3.8, 4) is 23.0 Å². The molecule has 4 atom stereocenters. The maximum atomic E-state index is 12.1. The number of benzene rings is 2. The smallest absolute Gasteiger partial charge is 0.329 e. The molecule has 286 valence electrons. The van der Waals surface area contributed by atoms with E-state index in [1.807, 2.05) is 12.1 Å². The fraction of sp³-hybridized carbons (Fsp3) is 0.421. The molecule has 2 aromatic carbocycles. The molecule has 0 saturated heterocycles. The molecule has 5 aliphatic rings. The van der Waals surface area contributed by atoms with Gasteiger partial charge in [0, 0.05) is 58.1 Å². The molecule has 0 amide bonds. The summed E-state index contributed by atoms with van der Waals surface area (Å²) in [5, 5.41) is 0. The minimum Gasteiger partial charge on any atom is -0.454 e. The van der Waals surface area contributed by atoms with E-state index in [9.17, 15) is 28.8 Å². The molecule has 2 unspecified atom stereocenters. The Morgan fingerprint density at radius 1 is 0.623 bits per heavy atom. The van der Waals surface area contributed by atoms with Crippen LogP contribution in [0.3, 0.4) is 0 Å². The van der Waals surface area contributed by atoms with Gasteiger partial charge in [-0.2, -0.15) is 0 Å². The zero-order valence-corrected chi connectivity index (χ0v) is 31.6. The number of hydrogen-bond acceptors (Lipinski definition) is 14. The number of nitrogens with two attached hydrogens (primary N) is 2. The van der Waals surface area contributed by atoms with Gasteiger partial charge in [-0.15, -0.1) is 0 Å². The largest absolute Gasteiger partial charge is 0.454 e. The van der Waals surface area contributed by atoms with Crippen LogP contribution in [0.5, 0.6) is 23.0 Å². The van der Waals surface area contributed by atoms with E-state index in [0.29, 0.717) is 35.8 Å². The molecule has 4 N–H and O–H groups in total. The molecule has 0 bridgehead atoms. The van der Waals surface area contributed by atoms with E-state index in [1.54, 1.807) is 24.3 Å². The van der Waals surface area contributed by atoms with Crippen molar-refractivity contribution in [1.29, 1.82) is 0 Å². The van der Waals surface area contributed by atoms with Gasteiger partial charge in [0.25, 0.3) is 0 Å². The Balaban J connectivity index is 0.000000193. The molecular formula is C38H42N2O12Pt. The number of carbonyl (C=O) groups is 6. The molecule has 1 aliphatic carbocycles. The number of ketones is 4. The Labute approximate surface area is 320 Å². The van der Waals surface area contributed by atoms with Crippen LogP contribution in [0.15, 0.2) is 60.1 Å². The molecule has 0 aromatic heterocycles. The van der Waals surface area contributed by atoms with Crippen LogP contribution in [0.4, 0.5) is 0 Å². The van der Waals surface area contributed by atoms with Gasteiger partial charge in [-0.1, -0.05) is 25.0 Å². The van der Waals surface area contributed by atoms with Gasteiger partial charge in [0.15, 0.2) is 58.0 Å². The third-order valence-electron chi connectivity index (χ3n) is 8.97. The summed E-state index contributed by atoms with van der Waals surface area (Å²) < 4.78 is 30.6. The molecule has 4 aliphatic heterocycles. The van der Waals surface area contributed by atoms with Crippen LogP contribution in [-0.2, 0) is 72.1 Å². The number of fused-ring (bicyclic) bond motifs is 2. The average molecular weight is 914 g/mol. The Morgan fingerprint density at radius 2 is 1.00 bits per heavy atom. The fourth-order valence-corrected chi connectivity index (χ4v) is 6.08. The second kappa shape index (κ2) is 18.9. The van der Waals surface area contributed by atoms with E-state index in [-0.39, 0.29) is 71.1 Å². The zero-order valence-electron chi connectivity index (χ0n) is 29.4. The van der Waals surface area contributed by atoms with Gasteiger partial charge in [-0.05, 0) is 74.9 Å². The van der Waals surface area contributed by atoms with Crippen molar-refractivity contribution in [2.24, 2.45) is 23.3 Å². The number of allylic oxidation sites excluding steroid dienone is 4. The van der Waals surface area contributed by atoms with Crippen LogP contribution < -0.4 is 30.4 Å². The predicted molar refractivity (Wildman–Crippen MR) is 183 cm³/mol. The molecule has 15 heteroatoms. The van der Waals surface area contributed by atoms with Crippen molar-refractivity contribution in [2.45, 2.75) is 77.3 Å². The molecule has 53 heavy (non-hydrogen) atoms. The van der Waals surface area contributed by atoms with Crippen LogP contribution in [0.25, 0.3) is 0 Å². The van der Waals surface area contributed by atoms with Crippen LogP contribution >= 0.6 is 0 Å². The maximum Gasteiger partial charge on any atom is 0.329 e. The number of hydrogen-bond donors (Lipinski definition) is 2. The van der Waals surface area contributed by atoms with Crippen LogP contribution in [-0.4, -0.2) is 60.7 Å². The van der Waals surface area contributed by atoms with Crippen molar-refractivity contribution in [3.63, 3.8) is 0 Å². The van der Waals surface area contributed by atoms with E-state index in [1.165, 1.54) is 38.8 Å². The van der Waals surface area contributed by atoms with Gasteiger partial charge < -0.3 is 39.9 Å². The number of carbonyl (C=O) groups excluding carboxylic acids is 6. The normalized spacial score (nSPS) is 22.3. The zero-order chi connectivity index (χ0) is 37.4. The quantitative estimate of drug-likeness (QED) is 0.288. The minimum atomic E-state index is -1.34. The first-order valence-electron chi connectivity index (χ1n) is 17.1. The second-order valence-corrected chi connectivity index (χ2v) is 12.9. The van der Waals surface area contributed by atoms with E-state index in [4.69, 9.17) is 39.9 Å². The summed E-state index contributed by atoms with van der Waals surface area (Å²) in [6.07, 6.45) is 8.15. The van der Waals surface area contributed by atoms with Crippen molar-refractivity contribution in [3.05, 3.63) is 71.2 Å². The summed E-state index contributed by atoms with van der Waals surface area (Å²) in [5.41, 5.74) is 13.1. The molecule has 4 heterocycles. The van der Waals surface area contributed by atoms with Gasteiger partial charge in [0.1, 0.15) is 11.5 Å². The van der Waals surface area contributed by atoms with Crippen LogP contribution in [0.1, 0.15) is 63.5 Å². The fourth-order valence-electron chi connectivity index (χ4n) is 6.08. The summed E-state index contributed by atoms with van der Waals surface area (Å²) in [7, 11) is 0. The van der Waals surface area contributed by atoms with Crippen molar-refractivity contribution >= 4 is 35.1 Å². The first-order chi connectivity index (χ1) is 24.9.